The highest BCUT2D eigenvalue weighted by molar-refractivity contribution is 7.13. The van der Waals surface area contributed by atoms with Gasteiger partial charge < -0.3 is 21.3 Å². The van der Waals surface area contributed by atoms with Gasteiger partial charge in [-0.05, 0) is 99.0 Å². The Hall–Kier alpha value is -5.47. The van der Waals surface area contributed by atoms with Gasteiger partial charge in [0.15, 0.2) is 11.5 Å². The summed E-state index contributed by atoms with van der Waals surface area (Å²) in [7, 11) is 0. The third-order valence-corrected chi connectivity index (χ3v) is 11.7. The lowest BCUT2D eigenvalue weighted by Gasteiger charge is -2.47. The topological polar surface area (TPSA) is 167 Å². The van der Waals surface area contributed by atoms with E-state index >= 15 is 0 Å². The number of amides is 4. The zero-order chi connectivity index (χ0) is 36.0. The highest BCUT2D eigenvalue weighted by atomic mass is 32.1. The molecule has 2 aromatic carbocycles. The van der Waals surface area contributed by atoms with Crippen LogP contribution >= 0.6 is 11.3 Å². The van der Waals surface area contributed by atoms with Crippen molar-refractivity contribution in [1.82, 2.24) is 30.1 Å². The van der Waals surface area contributed by atoms with Gasteiger partial charge in [-0.2, -0.15) is 0 Å². The number of rotatable bonds is 8. The van der Waals surface area contributed by atoms with E-state index in [-0.39, 0.29) is 11.6 Å². The second-order valence-corrected chi connectivity index (χ2v) is 15.0. The molecule has 1 spiro atoms. The highest BCUT2D eigenvalue weighted by Crippen LogP contribution is 2.43. The van der Waals surface area contributed by atoms with Gasteiger partial charge in [-0.3, -0.25) is 29.0 Å². The van der Waals surface area contributed by atoms with Crippen LogP contribution in [0.3, 0.4) is 0 Å². The van der Waals surface area contributed by atoms with Crippen molar-refractivity contribution in [3.05, 3.63) is 94.9 Å². The van der Waals surface area contributed by atoms with Gasteiger partial charge in [-0.25, -0.2) is 15.0 Å². The predicted octanol–water partition coefficient (Wildman–Crippen LogP) is 4.71. The van der Waals surface area contributed by atoms with Gasteiger partial charge in [-0.15, -0.1) is 11.3 Å². The largest absolute Gasteiger partial charge is 0.371 e. The number of imide groups is 1. The maximum absolute atomic E-state index is 13.3. The van der Waals surface area contributed by atoms with Crippen LogP contribution in [0.25, 0.3) is 10.7 Å². The van der Waals surface area contributed by atoms with Crippen LogP contribution in [-0.2, 0) is 11.3 Å². The minimum atomic E-state index is -0.806. The first-order chi connectivity index (χ1) is 25.2. The van der Waals surface area contributed by atoms with Crippen molar-refractivity contribution >= 4 is 52.2 Å². The minimum Gasteiger partial charge on any atom is -0.371 e. The number of allylic oxidation sites excluding steroid dienone is 1. The van der Waals surface area contributed by atoms with Crippen LogP contribution in [0.5, 0.6) is 0 Å². The lowest BCUT2D eigenvalue weighted by molar-refractivity contribution is -0.125. The molecule has 3 saturated heterocycles. The van der Waals surface area contributed by atoms with Crippen molar-refractivity contribution in [1.29, 1.82) is 0 Å². The zero-order valence-electron chi connectivity index (χ0n) is 28.6. The Bertz CT molecular complexity index is 2070. The monoisotopic (exact) mass is 717 g/mol. The van der Waals surface area contributed by atoms with Crippen molar-refractivity contribution in [2.45, 2.75) is 51.1 Å². The number of aromatic nitrogens is 3. The van der Waals surface area contributed by atoms with Crippen molar-refractivity contribution in [2.75, 3.05) is 36.4 Å². The number of benzene rings is 2. The number of piperidine rings is 3. The van der Waals surface area contributed by atoms with Crippen molar-refractivity contribution in [3.8, 4) is 10.7 Å². The van der Waals surface area contributed by atoms with Gasteiger partial charge in [0, 0.05) is 48.3 Å². The zero-order valence-corrected chi connectivity index (χ0v) is 29.5. The summed E-state index contributed by atoms with van der Waals surface area (Å²) in [4.78, 5) is 70.2. The number of likely N-dealkylation sites (tertiary alicyclic amines) is 1. The molecule has 1 unspecified atom stereocenters. The summed E-state index contributed by atoms with van der Waals surface area (Å²) < 4.78 is 0. The number of nitrogens with zero attached hydrogens (tertiary/aromatic N) is 6. The van der Waals surface area contributed by atoms with Gasteiger partial charge in [0.2, 0.25) is 5.91 Å². The van der Waals surface area contributed by atoms with Crippen LogP contribution in [-0.4, -0.2) is 80.6 Å². The SMILES string of the molecule is C=C1CCC(N2C(=O)c3ccc(CN4CCC5(CC4)CCN(c4ccc(Nc6nc(-c7nccs7)cnc6C(N)=O)cc4)CC5)cc3C2=O)C(=O)N1. The summed E-state index contributed by atoms with van der Waals surface area (Å²) in [6.07, 6.45) is 8.61. The molecule has 8 rings (SSSR count). The molecule has 1 atom stereocenters. The van der Waals surface area contributed by atoms with Crippen LogP contribution in [0.2, 0.25) is 0 Å². The second kappa shape index (κ2) is 13.6. The second-order valence-electron chi connectivity index (χ2n) is 14.1. The Labute approximate surface area is 304 Å². The van der Waals surface area contributed by atoms with E-state index in [0.717, 1.165) is 73.7 Å². The average Bonchev–Trinajstić information content (AvgIpc) is 3.77. The van der Waals surface area contributed by atoms with Gasteiger partial charge in [-0.1, -0.05) is 12.6 Å². The molecule has 6 heterocycles. The fraction of sp³-hybridized carbons (Fsp3) is 0.342. The van der Waals surface area contributed by atoms with E-state index in [2.05, 4.69) is 54.1 Å². The Morgan fingerprint density at radius 1 is 0.981 bits per heavy atom. The summed E-state index contributed by atoms with van der Waals surface area (Å²) >= 11 is 1.44. The fourth-order valence-corrected chi connectivity index (χ4v) is 8.47. The van der Waals surface area contributed by atoms with Gasteiger partial charge in [0.1, 0.15) is 16.7 Å². The van der Waals surface area contributed by atoms with Crippen LogP contribution in [0.15, 0.2) is 72.5 Å². The number of hydrogen-bond acceptors (Lipinski definition) is 11. The summed E-state index contributed by atoms with van der Waals surface area (Å²) in [6.45, 7) is 8.41. The minimum absolute atomic E-state index is 0.0703. The number of hydrogen-bond donors (Lipinski definition) is 3. The van der Waals surface area contributed by atoms with E-state index in [1.165, 1.54) is 17.5 Å². The highest BCUT2D eigenvalue weighted by Gasteiger charge is 2.44. The van der Waals surface area contributed by atoms with Crippen LogP contribution in [0, 0.1) is 5.41 Å². The van der Waals surface area contributed by atoms with E-state index in [9.17, 15) is 19.2 Å². The lowest BCUT2D eigenvalue weighted by atomic mass is 9.71. The first-order valence-electron chi connectivity index (χ1n) is 17.6. The molecule has 0 radical (unpaired) electrons. The van der Waals surface area contributed by atoms with Gasteiger partial charge in [0.25, 0.3) is 17.7 Å². The average molecular weight is 718 g/mol. The van der Waals surface area contributed by atoms with Crippen molar-refractivity contribution in [2.24, 2.45) is 11.1 Å². The maximum Gasteiger partial charge on any atom is 0.271 e. The molecule has 0 aliphatic carbocycles. The molecule has 52 heavy (non-hydrogen) atoms. The molecule has 0 saturated carbocycles. The third-order valence-electron chi connectivity index (χ3n) is 10.9. The van der Waals surface area contributed by atoms with Crippen LogP contribution in [0.1, 0.15) is 75.3 Å². The molecule has 2 aromatic heterocycles. The number of primary amides is 1. The molecule has 4 aromatic rings. The first kappa shape index (κ1) is 33.7. The number of carbonyl (C=O) groups excluding carboxylic acids is 4. The summed E-state index contributed by atoms with van der Waals surface area (Å²) in [6, 6.07) is 12.8. The summed E-state index contributed by atoms with van der Waals surface area (Å²) in [5.74, 6) is -1.52. The number of nitrogens with two attached hydrogens (primary N) is 1. The van der Waals surface area contributed by atoms with E-state index in [1.807, 2.05) is 29.6 Å². The van der Waals surface area contributed by atoms with E-state index in [4.69, 9.17) is 5.73 Å². The number of nitrogens with one attached hydrogen (secondary N) is 2. The molecule has 14 heteroatoms. The lowest BCUT2D eigenvalue weighted by Crippen LogP contribution is -2.51. The molecule has 266 valence electrons. The van der Waals surface area contributed by atoms with Gasteiger partial charge in [0.05, 0.1) is 17.3 Å². The fourth-order valence-electron chi connectivity index (χ4n) is 7.88. The van der Waals surface area contributed by atoms with Crippen molar-refractivity contribution in [3.63, 3.8) is 0 Å². The number of thiazole rings is 1. The normalized spacial score (nSPS) is 20.3. The molecule has 4 amide bonds. The summed E-state index contributed by atoms with van der Waals surface area (Å²) in [5.41, 5.74) is 10.8. The third kappa shape index (κ3) is 6.43. The molecule has 4 N–H and O–H groups in total. The Balaban J connectivity index is 0.847. The van der Waals surface area contributed by atoms with E-state index < -0.39 is 23.8 Å². The molecule has 0 bridgehead atoms. The Morgan fingerprint density at radius 2 is 1.71 bits per heavy atom. The standard InChI is InChI=1S/C38H39N9O4S/c1-23-2-9-30(34(49)42-23)47-36(50)27-8-3-24(20-28(27)37(47)51)22-45-15-10-38(11-16-45)12-17-46(18-13-38)26-6-4-25(5-7-26)43-33-31(32(39)48)41-21-29(44-33)35-40-14-19-52-35/h3-8,14,19-21,30H,1-2,9-13,15-18,22H2,(H2,39,48)(H,42,49)(H,43,44). The molecular formula is C38H39N9O4S. The number of anilines is 3. The van der Waals surface area contributed by atoms with Crippen LogP contribution < -0.4 is 21.3 Å². The first-order valence-corrected chi connectivity index (χ1v) is 18.4. The smallest absolute Gasteiger partial charge is 0.271 e. The maximum atomic E-state index is 13.3. The Kier molecular flexibility index (Phi) is 8.79. The Morgan fingerprint density at radius 3 is 2.40 bits per heavy atom. The van der Waals surface area contributed by atoms with E-state index in [1.54, 1.807) is 12.3 Å². The van der Waals surface area contributed by atoms with Gasteiger partial charge >= 0.3 is 0 Å². The summed E-state index contributed by atoms with van der Waals surface area (Å²) in [5, 5.41) is 8.47. The molecule has 4 aliphatic heterocycles. The van der Waals surface area contributed by atoms with Crippen LogP contribution in [0.4, 0.5) is 17.2 Å². The van der Waals surface area contributed by atoms with Crippen molar-refractivity contribution < 1.29 is 19.2 Å². The molecule has 4 aliphatic rings. The predicted molar refractivity (Wildman–Crippen MR) is 197 cm³/mol. The van der Waals surface area contributed by atoms with E-state index in [0.29, 0.717) is 58.1 Å². The molecule has 3 fully saturated rings. The number of carbonyl (C=O) groups is 4. The molecule has 13 nitrogen and oxygen atoms in total. The number of fused-ring (bicyclic) bond motifs is 1. The molecular weight excluding hydrogens is 679 g/mol. The quantitative estimate of drug-likeness (QED) is 0.217.